The van der Waals surface area contributed by atoms with E-state index in [0.29, 0.717) is 30.4 Å². The lowest BCUT2D eigenvalue weighted by Gasteiger charge is -2.20. The zero-order chi connectivity index (χ0) is 17.5. The van der Waals surface area contributed by atoms with E-state index in [1.807, 2.05) is 20.8 Å². The van der Waals surface area contributed by atoms with Gasteiger partial charge in [0.15, 0.2) is 0 Å². The zero-order valence-electron chi connectivity index (χ0n) is 15.5. The van der Waals surface area contributed by atoms with Gasteiger partial charge in [-0.3, -0.25) is 0 Å². The highest BCUT2D eigenvalue weighted by Gasteiger charge is 2.50. The molecular formula is C18H30N4O2. The van der Waals surface area contributed by atoms with Crippen molar-refractivity contribution >= 4 is 6.09 Å². The van der Waals surface area contributed by atoms with E-state index in [0.717, 1.165) is 25.7 Å². The van der Waals surface area contributed by atoms with E-state index in [1.54, 1.807) is 0 Å². The van der Waals surface area contributed by atoms with Crippen molar-refractivity contribution in [1.82, 2.24) is 20.3 Å². The van der Waals surface area contributed by atoms with Crippen LogP contribution in [0.4, 0.5) is 4.79 Å². The Morgan fingerprint density at radius 3 is 2.58 bits per heavy atom. The molecule has 2 aliphatic rings. The Hall–Kier alpha value is -1.59. The summed E-state index contributed by atoms with van der Waals surface area (Å²) in [6, 6.07) is 0.357. The Morgan fingerprint density at radius 2 is 1.96 bits per heavy atom. The van der Waals surface area contributed by atoms with Gasteiger partial charge in [0.1, 0.15) is 0 Å². The van der Waals surface area contributed by atoms with Crippen molar-refractivity contribution in [2.45, 2.75) is 71.9 Å². The Bertz CT molecular complexity index is 603. The van der Waals surface area contributed by atoms with Crippen LogP contribution < -0.4 is 5.32 Å². The predicted molar refractivity (Wildman–Crippen MR) is 91.8 cm³/mol. The van der Waals surface area contributed by atoms with Crippen molar-refractivity contribution in [3.8, 4) is 0 Å². The van der Waals surface area contributed by atoms with Gasteiger partial charge in [-0.2, -0.15) is 0 Å². The van der Waals surface area contributed by atoms with Gasteiger partial charge in [0.25, 0.3) is 0 Å². The summed E-state index contributed by atoms with van der Waals surface area (Å²) in [5.74, 6) is 1.86. The third-order valence-corrected chi connectivity index (χ3v) is 5.18. The second kappa shape index (κ2) is 6.37. The summed E-state index contributed by atoms with van der Waals surface area (Å²) < 4.78 is 7.52. The van der Waals surface area contributed by atoms with Gasteiger partial charge in [-0.25, -0.2) is 9.48 Å². The zero-order valence-corrected chi connectivity index (χ0v) is 15.5. The molecule has 6 nitrogen and oxygen atoms in total. The van der Waals surface area contributed by atoms with Crippen LogP contribution in [0.15, 0.2) is 0 Å². The number of nitrogens with one attached hydrogen (secondary N) is 1. The lowest BCUT2D eigenvalue weighted by molar-refractivity contribution is 0.129. The van der Waals surface area contributed by atoms with Gasteiger partial charge >= 0.3 is 6.09 Å². The van der Waals surface area contributed by atoms with E-state index in [2.05, 4.69) is 34.2 Å². The van der Waals surface area contributed by atoms with Gasteiger partial charge in [0.05, 0.1) is 18.0 Å². The lowest BCUT2D eigenvalue weighted by atomic mass is 10.0. The third kappa shape index (κ3) is 3.73. The van der Waals surface area contributed by atoms with Crippen LogP contribution in [0.25, 0.3) is 0 Å². The molecular weight excluding hydrogens is 304 g/mol. The number of aromatic nitrogens is 3. The number of aryl methyl sites for hydroxylation is 1. The quantitative estimate of drug-likeness (QED) is 0.922. The molecule has 134 valence electrons. The highest BCUT2D eigenvalue weighted by Crippen LogP contribution is 2.53. The molecule has 0 aliphatic heterocycles. The minimum absolute atomic E-state index is 0.252. The number of hydrogen-bond acceptors (Lipinski definition) is 4. The first kappa shape index (κ1) is 17.2. The van der Waals surface area contributed by atoms with Crippen molar-refractivity contribution in [3.05, 3.63) is 11.4 Å². The number of rotatable bonds is 3. The SMILES string of the molecule is CC(C)n1nnc2c1CCC1C(CC2)C1COC(=O)NC(C)(C)C. The average molecular weight is 334 g/mol. The number of ether oxygens (including phenoxy) is 1. The Balaban J connectivity index is 1.54. The number of carbonyl (C=O) groups is 1. The molecule has 2 aliphatic carbocycles. The van der Waals surface area contributed by atoms with Crippen molar-refractivity contribution in [2.75, 3.05) is 6.61 Å². The maximum absolute atomic E-state index is 11.8. The van der Waals surface area contributed by atoms with Gasteiger partial charge in [-0.15, -0.1) is 5.10 Å². The molecule has 3 rings (SSSR count). The van der Waals surface area contributed by atoms with Gasteiger partial charge in [-0.1, -0.05) is 5.21 Å². The fourth-order valence-electron chi connectivity index (χ4n) is 3.96. The Kier molecular flexibility index (Phi) is 4.58. The molecule has 0 aromatic carbocycles. The van der Waals surface area contributed by atoms with E-state index >= 15 is 0 Å². The van der Waals surface area contributed by atoms with Gasteiger partial charge in [0, 0.05) is 11.6 Å². The summed E-state index contributed by atoms with van der Waals surface area (Å²) in [4.78, 5) is 11.8. The molecule has 1 fully saturated rings. The fraction of sp³-hybridized carbons (Fsp3) is 0.833. The van der Waals surface area contributed by atoms with E-state index in [9.17, 15) is 4.79 Å². The maximum Gasteiger partial charge on any atom is 0.407 e. The van der Waals surface area contributed by atoms with Crippen molar-refractivity contribution in [1.29, 1.82) is 0 Å². The van der Waals surface area contributed by atoms with Gasteiger partial charge < -0.3 is 10.1 Å². The van der Waals surface area contributed by atoms with E-state index in [4.69, 9.17) is 4.74 Å². The molecule has 0 saturated heterocycles. The number of amides is 1. The Labute approximate surface area is 144 Å². The number of nitrogens with zero attached hydrogens (tertiary/aromatic N) is 3. The van der Waals surface area contributed by atoms with Crippen LogP contribution in [0.2, 0.25) is 0 Å². The average Bonchev–Trinajstić information content (AvgIpc) is 2.92. The predicted octanol–water partition coefficient (Wildman–Crippen LogP) is 3.12. The molecule has 1 aromatic heterocycles. The van der Waals surface area contributed by atoms with Crippen molar-refractivity contribution in [3.63, 3.8) is 0 Å². The molecule has 1 aromatic rings. The summed E-state index contributed by atoms with van der Waals surface area (Å²) in [6.45, 7) is 10.7. The highest BCUT2D eigenvalue weighted by molar-refractivity contribution is 5.68. The Morgan fingerprint density at radius 1 is 1.29 bits per heavy atom. The van der Waals surface area contributed by atoms with Crippen LogP contribution in [0.5, 0.6) is 0 Å². The first-order valence-electron chi connectivity index (χ1n) is 9.14. The van der Waals surface area contributed by atoms with Crippen LogP contribution in [0, 0.1) is 17.8 Å². The molecule has 1 heterocycles. The van der Waals surface area contributed by atoms with Crippen LogP contribution in [-0.2, 0) is 17.6 Å². The maximum atomic E-state index is 11.8. The first-order valence-corrected chi connectivity index (χ1v) is 9.14. The molecule has 0 bridgehead atoms. The first-order chi connectivity index (χ1) is 11.3. The fourth-order valence-corrected chi connectivity index (χ4v) is 3.96. The molecule has 1 N–H and O–H groups in total. The number of carbonyl (C=O) groups excluding carboxylic acids is 1. The van der Waals surface area contributed by atoms with Crippen LogP contribution in [0.1, 0.15) is 64.9 Å². The molecule has 3 unspecified atom stereocenters. The normalized spacial score (nSPS) is 26.2. The summed E-state index contributed by atoms with van der Waals surface area (Å²) in [7, 11) is 0. The third-order valence-electron chi connectivity index (χ3n) is 5.18. The highest BCUT2D eigenvalue weighted by atomic mass is 16.5. The van der Waals surface area contributed by atoms with Gasteiger partial charge in [0.2, 0.25) is 0 Å². The molecule has 0 radical (unpaired) electrons. The molecule has 6 heteroatoms. The summed E-state index contributed by atoms with van der Waals surface area (Å²) in [5.41, 5.74) is 2.22. The molecule has 3 atom stereocenters. The second-order valence-corrected chi connectivity index (χ2v) is 8.56. The minimum Gasteiger partial charge on any atom is -0.449 e. The molecule has 1 amide bonds. The monoisotopic (exact) mass is 334 g/mol. The number of alkyl carbamates (subject to hydrolysis) is 1. The van der Waals surface area contributed by atoms with Crippen LogP contribution >= 0.6 is 0 Å². The van der Waals surface area contributed by atoms with Crippen LogP contribution in [0.3, 0.4) is 0 Å². The summed E-state index contributed by atoms with van der Waals surface area (Å²) in [5, 5.41) is 11.6. The lowest BCUT2D eigenvalue weighted by Crippen LogP contribution is -2.41. The minimum atomic E-state index is -0.304. The summed E-state index contributed by atoms with van der Waals surface area (Å²) in [6.07, 6.45) is 4.00. The van der Waals surface area contributed by atoms with E-state index < -0.39 is 0 Å². The number of fused-ring (bicyclic) bond motifs is 2. The van der Waals surface area contributed by atoms with E-state index in [-0.39, 0.29) is 11.6 Å². The number of hydrogen-bond donors (Lipinski definition) is 1. The van der Waals surface area contributed by atoms with Crippen molar-refractivity contribution in [2.24, 2.45) is 17.8 Å². The largest absolute Gasteiger partial charge is 0.449 e. The van der Waals surface area contributed by atoms with Crippen molar-refractivity contribution < 1.29 is 9.53 Å². The van der Waals surface area contributed by atoms with Gasteiger partial charge in [-0.05, 0) is 78.1 Å². The molecule has 0 spiro atoms. The topological polar surface area (TPSA) is 69.0 Å². The molecule has 1 saturated carbocycles. The molecule has 24 heavy (non-hydrogen) atoms. The summed E-state index contributed by atoms with van der Waals surface area (Å²) >= 11 is 0. The van der Waals surface area contributed by atoms with Crippen LogP contribution in [-0.4, -0.2) is 33.2 Å². The smallest absolute Gasteiger partial charge is 0.407 e. The van der Waals surface area contributed by atoms with E-state index in [1.165, 1.54) is 11.4 Å². The second-order valence-electron chi connectivity index (χ2n) is 8.56. The standard InChI is InChI=1S/C18H30N4O2/c1-11(2)22-16-9-7-13-12(6-8-15(16)20-21-22)14(13)10-24-17(23)19-18(3,4)5/h11-14H,6-10H2,1-5H3,(H,19,23).